The summed E-state index contributed by atoms with van der Waals surface area (Å²) < 4.78 is 52.4. The van der Waals surface area contributed by atoms with Crippen LogP contribution in [0.1, 0.15) is 32.1 Å². The van der Waals surface area contributed by atoms with Gasteiger partial charge in [0.25, 0.3) is 0 Å². The number of sulfonamides is 1. The maximum absolute atomic E-state index is 13.4. The van der Waals surface area contributed by atoms with Gasteiger partial charge in [0, 0.05) is 6.07 Å². The van der Waals surface area contributed by atoms with Crippen LogP contribution in [0, 0.1) is 11.6 Å². The van der Waals surface area contributed by atoms with E-state index in [4.69, 9.17) is 0 Å². The van der Waals surface area contributed by atoms with E-state index in [1.165, 1.54) is 0 Å². The van der Waals surface area contributed by atoms with Crippen LogP contribution in [0.3, 0.4) is 0 Å². The van der Waals surface area contributed by atoms with E-state index >= 15 is 0 Å². The fraction of sp³-hybridized carbons (Fsp3) is 0.500. The maximum atomic E-state index is 13.4. The lowest BCUT2D eigenvalue weighted by molar-refractivity contribution is 0.486. The molecule has 3 nitrogen and oxygen atoms in total. The topological polar surface area (TPSA) is 46.2 Å². The van der Waals surface area contributed by atoms with Crippen LogP contribution in [-0.4, -0.2) is 13.7 Å². The zero-order chi connectivity index (χ0) is 13.2. The largest absolute Gasteiger partial charge is 0.280 e. The second-order valence-corrected chi connectivity index (χ2v) is 6.49. The van der Waals surface area contributed by atoms with Gasteiger partial charge in [0.15, 0.2) is 0 Å². The van der Waals surface area contributed by atoms with E-state index in [0.717, 1.165) is 31.4 Å². The number of hydrogen-bond donors (Lipinski definition) is 1. The molecule has 0 spiro atoms. The average molecular weight is 275 g/mol. The summed E-state index contributed by atoms with van der Waals surface area (Å²) in [5.74, 6) is -1.62. The van der Waals surface area contributed by atoms with Crippen LogP contribution >= 0.6 is 0 Å². The quantitative estimate of drug-likeness (QED) is 0.921. The van der Waals surface area contributed by atoms with Gasteiger partial charge in [0.1, 0.15) is 11.6 Å². The molecule has 0 unspecified atom stereocenters. The highest BCUT2D eigenvalue weighted by atomic mass is 32.2. The standard InChI is InChI=1S/C12H15F2NO2S/c13-9-6-7-12(11(14)8-9)15-18(16,17)10-4-2-1-3-5-10/h6-8,10,15H,1-5H2. The molecule has 1 aromatic rings. The van der Waals surface area contributed by atoms with Gasteiger partial charge >= 0.3 is 0 Å². The number of rotatable bonds is 3. The van der Waals surface area contributed by atoms with Gasteiger partial charge in [-0.2, -0.15) is 0 Å². The van der Waals surface area contributed by atoms with E-state index in [1.807, 2.05) is 0 Å². The zero-order valence-corrected chi connectivity index (χ0v) is 10.6. The Morgan fingerprint density at radius 3 is 2.39 bits per heavy atom. The van der Waals surface area contributed by atoms with Crippen molar-refractivity contribution in [3.8, 4) is 0 Å². The Bertz CT molecular complexity index is 525. The van der Waals surface area contributed by atoms with Crippen LogP contribution < -0.4 is 4.72 Å². The van der Waals surface area contributed by atoms with Gasteiger partial charge in [0.2, 0.25) is 10.0 Å². The van der Waals surface area contributed by atoms with Crippen molar-refractivity contribution in [2.24, 2.45) is 0 Å². The van der Waals surface area contributed by atoms with Gasteiger partial charge in [-0.3, -0.25) is 4.72 Å². The van der Waals surface area contributed by atoms with E-state index in [1.54, 1.807) is 0 Å². The lowest BCUT2D eigenvalue weighted by Crippen LogP contribution is -2.30. The number of halogens is 2. The number of benzene rings is 1. The number of anilines is 1. The molecule has 0 bridgehead atoms. The fourth-order valence-corrected chi connectivity index (χ4v) is 3.78. The molecule has 1 N–H and O–H groups in total. The first-order valence-electron chi connectivity index (χ1n) is 5.96. The van der Waals surface area contributed by atoms with Gasteiger partial charge in [-0.05, 0) is 25.0 Å². The summed E-state index contributed by atoms with van der Waals surface area (Å²) in [4.78, 5) is 0. The molecule has 0 aliphatic heterocycles. The summed E-state index contributed by atoms with van der Waals surface area (Å²) in [5, 5.41) is -0.476. The Hall–Kier alpha value is -1.17. The molecule has 0 radical (unpaired) electrons. The average Bonchev–Trinajstić information content (AvgIpc) is 2.34. The molecule has 1 aromatic carbocycles. The summed E-state index contributed by atoms with van der Waals surface area (Å²) in [7, 11) is -3.58. The molecule has 2 rings (SSSR count). The van der Waals surface area contributed by atoms with Crippen molar-refractivity contribution in [3.05, 3.63) is 29.8 Å². The monoisotopic (exact) mass is 275 g/mol. The van der Waals surface area contributed by atoms with Crippen LogP contribution in [0.25, 0.3) is 0 Å². The molecular weight excluding hydrogens is 260 g/mol. The second-order valence-electron chi connectivity index (χ2n) is 4.53. The highest BCUT2D eigenvalue weighted by Crippen LogP contribution is 2.26. The van der Waals surface area contributed by atoms with Crippen molar-refractivity contribution in [3.63, 3.8) is 0 Å². The third kappa shape index (κ3) is 2.98. The van der Waals surface area contributed by atoms with Crippen molar-refractivity contribution in [1.29, 1.82) is 0 Å². The highest BCUT2D eigenvalue weighted by molar-refractivity contribution is 7.93. The summed E-state index contributed by atoms with van der Waals surface area (Å²) in [6, 6.07) is 2.80. The molecule has 0 aromatic heterocycles. The Labute approximate surface area is 105 Å². The summed E-state index contributed by atoms with van der Waals surface area (Å²) >= 11 is 0. The second kappa shape index (κ2) is 5.22. The minimum Gasteiger partial charge on any atom is -0.280 e. The maximum Gasteiger partial charge on any atom is 0.235 e. The van der Waals surface area contributed by atoms with Crippen molar-refractivity contribution in [1.82, 2.24) is 0 Å². The summed E-state index contributed by atoms with van der Waals surface area (Å²) in [6.07, 6.45) is 3.97. The van der Waals surface area contributed by atoms with Crippen LogP contribution in [0.4, 0.5) is 14.5 Å². The molecule has 0 saturated heterocycles. The van der Waals surface area contributed by atoms with E-state index in [-0.39, 0.29) is 5.69 Å². The Kier molecular flexibility index (Phi) is 3.85. The van der Waals surface area contributed by atoms with E-state index in [2.05, 4.69) is 4.72 Å². The van der Waals surface area contributed by atoms with Crippen molar-refractivity contribution >= 4 is 15.7 Å². The lowest BCUT2D eigenvalue weighted by Gasteiger charge is -2.22. The molecule has 18 heavy (non-hydrogen) atoms. The first-order chi connectivity index (χ1) is 8.49. The Balaban J connectivity index is 2.16. The third-order valence-electron chi connectivity index (χ3n) is 3.17. The fourth-order valence-electron chi connectivity index (χ4n) is 2.18. The van der Waals surface area contributed by atoms with E-state index in [9.17, 15) is 17.2 Å². The van der Waals surface area contributed by atoms with Crippen molar-refractivity contribution in [2.75, 3.05) is 4.72 Å². The SMILES string of the molecule is O=S(=O)(Nc1ccc(F)cc1F)C1CCCCC1. The first kappa shape index (κ1) is 13.3. The molecular formula is C12H15F2NO2S. The van der Waals surface area contributed by atoms with Gasteiger partial charge in [-0.25, -0.2) is 17.2 Å². The molecule has 0 atom stereocenters. The Morgan fingerprint density at radius 2 is 1.78 bits per heavy atom. The minimum atomic E-state index is -3.58. The molecule has 0 amide bonds. The van der Waals surface area contributed by atoms with Crippen LogP contribution in [0.2, 0.25) is 0 Å². The summed E-state index contributed by atoms with van der Waals surface area (Å²) in [6.45, 7) is 0. The molecule has 1 aliphatic rings. The van der Waals surface area contributed by atoms with Crippen LogP contribution in [-0.2, 0) is 10.0 Å². The van der Waals surface area contributed by atoms with Gasteiger partial charge in [0.05, 0.1) is 10.9 Å². The van der Waals surface area contributed by atoms with E-state index < -0.39 is 26.9 Å². The van der Waals surface area contributed by atoms with Gasteiger partial charge < -0.3 is 0 Å². The third-order valence-corrected chi connectivity index (χ3v) is 5.03. The lowest BCUT2D eigenvalue weighted by atomic mass is 10.0. The van der Waals surface area contributed by atoms with E-state index in [0.29, 0.717) is 18.9 Å². The zero-order valence-electron chi connectivity index (χ0n) is 9.83. The molecule has 1 fully saturated rings. The minimum absolute atomic E-state index is 0.193. The van der Waals surface area contributed by atoms with Gasteiger partial charge in [-0.1, -0.05) is 19.3 Å². The molecule has 100 valence electrons. The molecule has 1 saturated carbocycles. The van der Waals surface area contributed by atoms with Crippen molar-refractivity contribution < 1.29 is 17.2 Å². The summed E-state index contributed by atoms with van der Waals surface area (Å²) in [5.41, 5.74) is -0.193. The predicted octanol–water partition coefficient (Wildman–Crippen LogP) is 3.04. The molecule has 6 heteroatoms. The van der Waals surface area contributed by atoms with Gasteiger partial charge in [-0.15, -0.1) is 0 Å². The molecule has 0 heterocycles. The Morgan fingerprint density at radius 1 is 1.11 bits per heavy atom. The first-order valence-corrected chi connectivity index (χ1v) is 7.50. The van der Waals surface area contributed by atoms with Crippen LogP contribution in [0.5, 0.6) is 0 Å². The highest BCUT2D eigenvalue weighted by Gasteiger charge is 2.27. The molecule has 1 aliphatic carbocycles. The van der Waals surface area contributed by atoms with Crippen LogP contribution in [0.15, 0.2) is 18.2 Å². The predicted molar refractivity (Wildman–Crippen MR) is 65.8 cm³/mol. The number of hydrogen-bond acceptors (Lipinski definition) is 2. The van der Waals surface area contributed by atoms with Crippen molar-refractivity contribution in [2.45, 2.75) is 37.4 Å². The smallest absolute Gasteiger partial charge is 0.235 e. The number of nitrogens with one attached hydrogen (secondary N) is 1. The normalized spacial score (nSPS) is 17.7.